The number of carbonyl (C=O) groups is 3. The van der Waals surface area contributed by atoms with Crippen LogP contribution in [0, 0.1) is 17.3 Å². The maximum absolute atomic E-state index is 14.5. The lowest BCUT2D eigenvalue weighted by Gasteiger charge is -2.40. The van der Waals surface area contributed by atoms with E-state index in [1.165, 1.54) is 11.3 Å². The first-order valence-corrected chi connectivity index (χ1v) is 23.5. The molecule has 5 aliphatic rings. The number of fused-ring (bicyclic) bond motifs is 2. The fourth-order valence-electron chi connectivity index (χ4n) is 8.65. The highest BCUT2D eigenvalue weighted by Gasteiger charge is 2.62. The Morgan fingerprint density at radius 1 is 1.17 bits per heavy atom. The molecule has 5 fully saturated rings. The Labute approximate surface area is 354 Å². The number of nitrogens with one attached hydrogen (secondary N) is 2. The third kappa shape index (κ3) is 8.37. The van der Waals surface area contributed by atoms with E-state index in [2.05, 4.69) is 35.4 Å². The molecule has 3 aliphatic heterocycles. The van der Waals surface area contributed by atoms with Crippen molar-refractivity contribution < 1.29 is 37.0 Å². The number of ether oxygens (including phenoxy) is 3. The van der Waals surface area contributed by atoms with Crippen molar-refractivity contribution in [2.45, 2.75) is 95.2 Å². The topological polar surface area (TPSA) is 169 Å². The van der Waals surface area contributed by atoms with Gasteiger partial charge in [0.15, 0.2) is 5.78 Å². The number of thiazole rings is 1. The highest BCUT2D eigenvalue weighted by molar-refractivity contribution is 7.90. The zero-order valence-electron chi connectivity index (χ0n) is 33.9. The van der Waals surface area contributed by atoms with Crippen molar-refractivity contribution in [3.05, 3.63) is 47.0 Å². The van der Waals surface area contributed by atoms with Crippen LogP contribution in [0.15, 0.2) is 36.2 Å². The molecule has 0 bridgehead atoms. The van der Waals surface area contributed by atoms with Crippen LogP contribution < -0.4 is 19.5 Å². The van der Waals surface area contributed by atoms with E-state index in [0.29, 0.717) is 83.8 Å². The van der Waals surface area contributed by atoms with E-state index in [0.717, 1.165) is 25.3 Å². The number of carbonyl (C=O) groups excluding carboxylic acids is 3. The largest absolute Gasteiger partial charge is 0.491 e. The molecule has 17 heteroatoms. The summed E-state index contributed by atoms with van der Waals surface area (Å²) in [6.07, 6.45) is 2.22. The number of sulfonamides is 1. The van der Waals surface area contributed by atoms with Gasteiger partial charge in [-0.3, -0.25) is 24.0 Å². The second-order valence-corrected chi connectivity index (χ2v) is 20.4. The number of nitrogens with zero attached hydrogens (tertiary/aromatic N) is 4. The van der Waals surface area contributed by atoms with Gasteiger partial charge in [0.25, 0.3) is 0 Å². The van der Waals surface area contributed by atoms with E-state index in [1.54, 1.807) is 11.0 Å². The van der Waals surface area contributed by atoms with Crippen LogP contribution in [-0.4, -0.2) is 121 Å². The Bertz CT molecular complexity index is 2240. The SMILES string of the molecule is C=C[C@@H]1C[C@]1(CC(=O)[C@@H]1C[C@@H](Oc2cc(-c3nc(C(C)C)cs3)nc3c(Cl)c(OCCN4CCOCC4)ccc23)[C@H]2CN[C@H](C(C)C)C(=O)N21)C(=O)NS(=O)(=O)C1CC1. The number of ketones is 1. The molecule has 318 valence electrons. The van der Waals surface area contributed by atoms with Crippen LogP contribution in [0.2, 0.25) is 5.02 Å². The van der Waals surface area contributed by atoms with Gasteiger partial charge in [-0.1, -0.05) is 45.4 Å². The number of hydrogen-bond donors (Lipinski definition) is 2. The summed E-state index contributed by atoms with van der Waals surface area (Å²) in [5, 5.41) is 6.49. The lowest BCUT2D eigenvalue weighted by Crippen LogP contribution is -2.64. The molecular formula is C42H53ClN6O8S2. The molecule has 6 atom stereocenters. The van der Waals surface area contributed by atoms with Crippen molar-refractivity contribution in [3.8, 4) is 22.2 Å². The maximum atomic E-state index is 14.5. The highest BCUT2D eigenvalue weighted by atomic mass is 35.5. The number of allylic oxidation sites excluding steroid dienone is 1. The lowest BCUT2D eigenvalue weighted by atomic mass is 9.91. The molecule has 3 aromatic rings. The summed E-state index contributed by atoms with van der Waals surface area (Å²) in [6, 6.07) is 3.59. The van der Waals surface area contributed by atoms with Gasteiger partial charge in [-0.2, -0.15) is 0 Å². The van der Waals surface area contributed by atoms with Crippen LogP contribution in [0.3, 0.4) is 0 Å². The number of morpholine rings is 1. The summed E-state index contributed by atoms with van der Waals surface area (Å²) in [6.45, 7) is 16.5. The van der Waals surface area contributed by atoms with Gasteiger partial charge in [-0.15, -0.1) is 17.9 Å². The van der Waals surface area contributed by atoms with Crippen molar-refractivity contribution in [1.29, 1.82) is 0 Å². The molecule has 2 amide bonds. The van der Waals surface area contributed by atoms with Crippen molar-refractivity contribution in [2.24, 2.45) is 17.3 Å². The molecule has 14 nitrogen and oxygen atoms in total. The Kier molecular flexibility index (Phi) is 11.9. The first-order valence-electron chi connectivity index (χ1n) is 20.7. The van der Waals surface area contributed by atoms with Crippen LogP contribution in [0.1, 0.15) is 71.4 Å². The maximum Gasteiger partial charge on any atom is 0.241 e. The van der Waals surface area contributed by atoms with Gasteiger partial charge in [0.1, 0.15) is 39.9 Å². The molecule has 2 aromatic heterocycles. The van der Waals surface area contributed by atoms with Crippen molar-refractivity contribution in [2.75, 3.05) is 46.0 Å². The first kappa shape index (κ1) is 42.0. The second-order valence-electron chi connectivity index (χ2n) is 17.2. The van der Waals surface area contributed by atoms with Gasteiger partial charge in [0, 0.05) is 55.9 Å². The number of pyridine rings is 1. The second kappa shape index (κ2) is 16.7. The molecule has 2 N–H and O–H groups in total. The number of halogens is 1. The van der Waals surface area contributed by atoms with Gasteiger partial charge in [0.05, 0.1) is 53.2 Å². The predicted molar refractivity (Wildman–Crippen MR) is 225 cm³/mol. The molecular weight excluding hydrogens is 816 g/mol. The molecule has 2 saturated carbocycles. The van der Waals surface area contributed by atoms with Crippen molar-refractivity contribution >= 4 is 61.5 Å². The van der Waals surface area contributed by atoms with Crippen molar-refractivity contribution in [1.82, 2.24) is 29.8 Å². The molecule has 0 unspecified atom stereocenters. The summed E-state index contributed by atoms with van der Waals surface area (Å²) in [7, 11) is -3.83. The Balaban J connectivity index is 1.11. The number of hydrogen-bond acceptors (Lipinski definition) is 13. The average Bonchev–Trinajstić information content (AvgIpc) is 4.10. The highest BCUT2D eigenvalue weighted by Crippen LogP contribution is 2.57. The average molecular weight is 870 g/mol. The van der Waals surface area contributed by atoms with E-state index in [9.17, 15) is 22.8 Å². The van der Waals surface area contributed by atoms with E-state index < -0.39 is 50.8 Å². The predicted octanol–water partition coefficient (Wildman–Crippen LogP) is 4.95. The van der Waals surface area contributed by atoms with Gasteiger partial charge in [0.2, 0.25) is 21.8 Å². The van der Waals surface area contributed by atoms with Gasteiger partial charge < -0.3 is 24.4 Å². The number of amides is 2. The van der Waals surface area contributed by atoms with Crippen LogP contribution in [0.25, 0.3) is 21.6 Å². The Morgan fingerprint density at radius 3 is 2.59 bits per heavy atom. The fourth-order valence-corrected chi connectivity index (χ4v) is 11.2. The van der Waals surface area contributed by atoms with Crippen LogP contribution in [-0.2, 0) is 29.1 Å². The lowest BCUT2D eigenvalue weighted by molar-refractivity contribution is -0.146. The van der Waals surface area contributed by atoms with Crippen LogP contribution in [0.5, 0.6) is 11.5 Å². The molecule has 8 rings (SSSR count). The third-order valence-electron chi connectivity index (χ3n) is 12.5. The molecule has 0 spiro atoms. The molecule has 0 radical (unpaired) electrons. The minimum Gasteiger partial charge on any atom is -0.491 e. The fraction of sp³-hybridized carbons (Fsp3) is 0.595. The molecule has 1 aromatic carbocycles. The number of rotatable bonds is 16. The van der Waals surface area contributed by atoms with E-state index in [4.69, 9.17) is 35.8 Å². The quantitative estimate of drug-likeness (QED) is 0.186. The monoisotopic (exact) mass is 868 g/mol. The molecule has 5 heterocycles. The van der Waals surface area contributed by atoms with E-state index in [1.807, 2.05) is 37.4 Å². The van der Waals surface area contributed by atoms with Gasteiger partial charge in [-0.05, 0) is 49.1 Å². The molecule has 2 aliphatic carbocycles. The minimum atomic E-state index is -3.83. The van der Waals surface area contributed by atoms with Crippen LogP contribution >= 0.6 is 22.9 Å². The molecule has 3 saturated heterocycles. The first-order chi connectivity index (χ1) is 28.2. The number of aromatic nitrogens is 2. The van der Waals surface area contributed by atoms with Gasteiger partial charge >= 0.3 is 0 Å². The summed E-state index contributed by atoms with van der Waals surface area (Å²) < 4.78 is 46.5. The molecule has 59 heavy (non-hydrogen) atoms. The number of Topliss-reactive ketones (excluding diaryl/α,β-unsaturated/α-hetero) is 1. The normalized spacial score (nSPS) is 27.3. The third-order valence-corrected chi connectivity index (χ3v) is 15.5. The summed E-state index contributed by atoms with van der Waals surface area (Å²) in [4.78, 5) is 56.3. The van der Waals surface area contributed by atoms with Crippen molar-refractivity contribution in [3.63, 3.8) is 0 Å². The smallest absolute Gasteiger partial charge is 0.241 e. The Morgan fingerprint density at radius 2 is 1.93 bits per heavy atom. The van der Waals surface area contributed by atoms with Gasteiger partial charge in [-0.25, -0.2) is 18.4 Å². The van der Waals surface area contributed by atoms with Crippen LogP contribution in [0.4, 0.5) is 0 Å². The number of benzene rings is 1. The Hall–Kier alpha value is -3.67. The van der Waals surface area contributed by atoms with E-state index >= 15 is 0 Å². The number of piperazine rings is 1. The zero-order chi connectivity index (χ0) is 41.8. The summed E-state index contributed by atoms with van der Waals surface area (Å²) in [5.74, 6) is -0.450. The standard InChI is InChI=1S/C42H53ClN6O8S2/c1-6-25-19-42(25,41(52)47-59(53,54)26-7-8-26)20-32(50)30-18-35(31-21-44-37(24(4)5)40(51)49(30)31)57-34-17-28(39-46-29(22-58-39)23(2)3)45-38-27(34)9-10-33(36(38)43)56-16-13-48-11-14-55-15-12-48/h6,9-10,17,22-26,30-31,35,37,44H,1,7-8,11-16,18-21H2,2-5H3,(H,47,52)/t25-,30+,31-,35-,37-,42-/m1/s1. The summed E-state index contributed by atoms with van der Waals surface area (Å²) in [5.41, 5.74) is 0.727. The minimum absolute atomic E-state index is 0.0503. The zero-order valence-corrected chi connectivity index (χ0v) is 36.3. The van der Waals surface area contributed by atoms with E-state index in [-0.39, 0.29) is 42.3 Å². The summed E-state index contributed by atoms with van der Waals surface area (Å²) >= 11 is 8.58.